The highest BCUT2D eigenvalue weighted by atomic mass is 32.2. The van der Waals surface area contributed by atoms with Gasteiger partial charge in [0.25, 0.3) is 0 Å². The van der Waals surface area contributed by atoms with Gasteiger partial charge in [-0.1, -0.05) is 12.1 Å². The molecule has 2 aromatic rings. The maximum Gasteiger partial charge on any atom is 0.225 e. The maximum atomic E-state index is 13.8. The minimum Gasteiger partial charge on any atom is -0.349 e. The minimum absolute atomic E-state index is 0.0211. The van der Waals surface area contributed by atoms with Crippen molar-refractivity contribution < 1.29 is 22.0 Å². The summed E-state index contributed by atoms with van der Waals surface area (Å²) in [4.78, 5) is 17.5. The first-order valence-corrected chi connectivity index (χ1v) is 10.7. The predicted molar refractivity (Wildman–Crippen MR) is 101 cm³/mol. The summed E-state index contributed by atoms with van der Waals surface area (Å²) >= 11 is 0. The lowest BCUT2D eigenvalue weighted by atomic mass is 10.1. The Morgan fingerprint density at radius 2 is 1.86 bits per heavy atom. The van der Waals surface area contributed by atoms with Crippen LogP contribution >= 0.6 is 0 Å². The Labute approximate surface area is 163 Å². The lowest BCUT2D eigenvalue weighted by Gasteiger charge is -2.16. The number of hydrogen-bond acceptors (Lipinski definition) is 4. The minimum atomic E-state index is -3.53. The lowest BCUT2D eigenvalue weighted by Crippen LogP contribution is -2.28. The summed E-state index contributed by atoms with van der Waals surface area (Å²) in [5.74, 6) is -1.74. The molecule has 1 aliphatic rings. The van der Waals surface area contributed by atoms with Crippen LogP contribution in [-0.2, 0) is 14.6 Å². The largest absolute Gasteiger partial charge is 0.349 e. The molecule has 1 aromatic carbocycles. The van der Waals surface area contributed by atoms with Crippen LogP contribution in [0, 0.1) is 23.5 Å². The first kappa shape index (κ1) is 20.4. The van der Waals surface area contributed by atoms with Crippen LogP contribution in [-0.4, -0.2) is 44.1 Å². The summed E-state index contributed by atoms with van der Waals surface area (Å²) in [6.45, 7) is 0. The number of sulfone groups is 1. The number of pyridine rings is 1. The first-order chi connectivity index (χ1) is 13.2. The third-order valence-corrected chi connectivity index (χ3v) is 6.98. The van der Waals surface area contributed by atoms with E-state index in [4.69, 9.17) is 0 Å². The highest BCUT2D eigenvalue weighted by Gasteiger charge is 2.33. The number of nitrogens with zero attached hydrogens (tertiary/aromatic N) is 2. The van der Waals surface area contributed by atoms with Crippen molar-refractivity contribution in [3.63, 3.8) is 0 Å². The van der Waals surface area contributed by atoms with Crippen LogP contribution in [0.1, 0.15) is 19.3 Å². The van der Waals surface area contributed by atoms with Crippen molar-refractivity contribution in [3.8, 4) is 11.3 Å². The predicted octanol–water partition coefficient (Wildman–Crippen LogP) is 3.31. The smallest absolute Gasteiger partial charge is 0.225 e. The van der Waals surface area contributed by atoms with Gasteiger partial charge in [0, 0.05) is 31.6 Å². The van der Waals surface area contributed by atoms with Crippen molar-refractivity contribution in [3.05, 3.63) is 48.2 Å². The molecule has 1 amide bonds. The summed E-state index contributed by atoms with van der Waals surface area (Å²) < 4.78 is 52.3. The van der Waals surface area contributed by atoms with Gasteiger partial charge in [-0.3, -0.25) is 9.78 Å². The van der Waals surface area contributed by atoms with Crippen molar-refractivity contribution in [2.24, 2.45) is 11.8 Å². The summed E-state index contributed by atoms with van der Waals surface area (Å²) in [5.41, 5.74) is 0.333. The average molecular weight is 408 g/mol. The Morgan fingerprint density at radius 3 is 2.46 bits per heavy atom. The second-order valence-corrected chi connectivity index (χ2v) is 9.43. The van der Waals surface area contributed by atoms with Gasteiger partial charge in [-0.2, -0.15) is 0 Å². The van der Waals surface area contributed by atoms with Crippen molar-refractivity contribution in [1.82, 2.24) is 9.88 Å². The van der Waals surface area contributed by atoms with Crippen LogP contribution in [0.3, 0.4) is 0 Å². The summed E-state index contributed by atoms with van der Waals surface area (Å²) in [6.07, 6.45) is 2.88. The molecule has 1 fully saturated rings. The zero-order valence-corrected chi connectivity index (χ0v) is 16.5. The molecule has 2 atom stereocenters. The Morgan fingerprint density at radius 1 is 1.18 bits per heavy atom. The number of hydrogen-bond donors (Lipinski definition) is 0. The molecule has 5 nitrogen and oxygen atoms in total. The second kappa shape index (κ2) is 7.95. The normalized spacial score (nSPS) is 19.6. The first-order valence-electron chi connectivity index (χ1n) is 9.03. The number of carbonyl (C=O) groups is 1. The van der Waals surface area contributed by atoms with E-state index in [1.807, 2.05) is 0 Å². The topological polar surface area (TPSA) is 67.3 Å². The molecule has 8 heteroatoms. The van der Waals surface area contributed by atoms with Gasteiger partial charge >= 0.3 is 0 Å². The van der Waals surface area contributed by atoms with E-state index in [0.29, 0.717) is 24.8 Å². The van der Waals surface area contributed by atoms with Gasteiger partial charge in [0.15, 0.2) is 15.7 Å². The molecule has 1 saturated carbocycles. The number of rotatable bonds is 5. The van der Waals surface area contributed by atoms with E-state index < -0.39 is 21.5 Å². The van der Waals surface area contributed by atoms with Gasteiger partial charge < -0.3 is 4.90 Å². The van der Waals surface area contributed by atoms with E-state index in [1.165, 1.54) is 24.3 Å². The molecule has 0 radical (unpaired) electrons. The third kappa shape index (κ3) is 4.38. The molecule has 1 aromatic heterocycles. The highest BCUT2D eigenvalue weighted by Crippen LogP contribution is 2.34. The van der Waals surface area contributed by atoms with Gasteiger partial charge in [0.1, 0.15) is 11.5 Å². The quantitative estimate of drug-likeness (QED) is 0.761. The van der Waals surface area contributed by atoms with E-state index in [1.54, 1.807) is 19.0 Å². The number of benzene rings is 1. The fourth-order valence-corrected chi connectivity index (χ4v) is 5.34. The van der Waals surface area contributed by atoms with Crippen LogP contribution in [0.5, 0.6) is 0 Å². The molecule has 28 heavy (non-hydrogen) atoms. The molecule has 3 rings (SSSR count). The fourth-order valence-electron chi connectivity index (χ4n) is 3.67. The van der Waals surface area contributed by atoms with Gasteiger partial charge in [-0.15, -0.1) is 0 Å². The molecule has 150 valence electrons. The van der Waals surface area contributed by atoms with Crippen molar-refractivity contribution >= 4 is 15.7 Å². The van der Waals surface area contributed by atoms with Gasteiger partial charge in [-0.05, 0) is 37.3 Å². The van der Waals surface area contributed by atoms with Gasteiger partial charge in [0.2, 0.25) is 5.91 Å². The van der Waals surface area contributed by atoms with E-state index >= 15 is 0 Å². The molecule has 0 bridgehead atoms. The standard InChI is InChI=1S/C20H22F2N2O3S/c1-24(2)20(25)15-4-3-13(9-15)12-28(26,27)17-7-5-14(6-8-17)19-18(22)10-16(21)11-23-19/h5-8,10-11,13,15H,3-4,9,12H2,1-2H3. The fraction of sp³-hybridized carbons (Fsp3) is 0.400. The number of carbonyl (C=O) groups excluding carboxylic acids is 1. The van der Waals surface area contributed by atoms with Crippen molar-refractivity contribution in [2.45, 2.75) is 24.2 Å². The number of amides is 1. The zero-order valence-electron chi connectivity index (χ0n) is 15.7. The second-order valence-electron chi connectivity index (χ2n) is 7.40. The molecule has 1 heterocycles. The molecule has 0 aliphatic heterocycles. The Bertz CT molecular complexity index is 975. The van der Waals surface area contributed by atoms with Crippen LogP contribution in [0.15, 0.2) is 41.4 Å². The molecular formula is C20H22F2N2O3S. The number of aromatic nitrogens is 1. The molecule has 0 saturated heterocycles. The average Bonchev–Trinajstić information content (AvgIpc) is 3.08. The van der Waals surface area contributed by atoms with Crippen LogP contribution in [0.2, 0.25) is 0 Å². The maximum absolute atomic E-state index is 13.8. The molecular weight excluding hydrogens is 386 g/mol. The van der Waals surface area contributed by atoms with Crippen LogP contribution < -0.4 is 0 Å². The van der Waals surface area contributed by atoms with E-state index in [-0.39, 0.29) is 34.1 Å². The summed E-state index contributed by atoms with van der Waals surface area (Å²) in [6, 6.07) is 6.48. The SMILES string of the molecule is CN(C)C(=O)C1CCC(CS(=O)(=O)c2ccc(-c3ncc(F)cc3F)cc2)C1. The van der Waals surface area contributed by atoms with E-state index in [2.05, 4.69) is 4.98 Å². The summed E-state index contributed by atoms with van der Waals surface area (Å²) in [7, 11) is -0.126. The van der Waals surface area contributed by atoms with Gasteiger partial charge in [0.05, 0.1) is 16.8 Å². The van der Waals surface area contributed by atoms with Crippen LogP contribution in [0.25, 0.3) is 11.3 Å². The van der Waals surface area contributed by atoms with Gasteiger partial charge in [-0.25, -0.2) is 17.2 Å². The van der Waals surface area contributed by atoms with Crippen molar-refractivity contribution in [2.75, 3.05) is 19.8 Å². The molecule has 1 aliphatic carbocycles. The van der Waals surface area contributed by atoms with Crippen LogP contribution in [0.4, 0.5) is 8.78 Å². The Kier molecular flexibility index (Phi) is 5.79. The molecule has 0 spiro atoms. The highest BCUT2D eigenvalue weighted by molar-refractivity contribution is 7.91. The zero-order chi connectivity index (χ0) is 20.5. The third-order valence-electron chi connectivity index (χ3n) is 5.08. The monoisotopic (exact) mass is 408 g/mol. The summed E-state index contributed by atoms with van der Waals surface area (Å²) in [5, 5.41) is 0. The molecule has 2 unspecified atom stereocenters. The van der Waals surface area contributed by atoms with E-state index in [9.17, 15) is 22.0 Å². The number of halogens is 2. The lowest BCUT2D eigenvalue weighted by molar-refractivity contribution is -0.132. The van der Waals surface area contributed by atoms with E-state index in [0.717, 1.165) is 12.3 Å². The Balaban J connectivity index is 1.72. The molecule has 0 N–H and O–H groups in total. The van der Waals surface area contributed by atoms with Crippen molar-refractivity contribution in [1.29, 1.82) is 0 Å². The Hall–Kier alpha value is -2.35.